The van der Waals surface area contributed by atoms with Gasteiger partial charge in [-0.05, 0) is 44.0 Å². The summed E-state index contributed by atoms with van der Waals surface area (Å²) in [5.74, 6) is 0.207. The van der Waals surface area contributed by atoms with Crippen LogP contribution < -0.4 is 5.32 Å². The van der Waals surface area contributed by atoms with E-state index in [4.69, 9.17) is 11.6 Å². The summed E-state index contributed by atoms with van der Waals surface area (Å²) >= 11 is 5.86. The molecule has 1 aliphatic rings. The summed E-state index contributed by atoms with van der Waals surface area (Å²) in [4.78, 5) is 14.4. The van der Waals surface area contributed by atoms with E-state index in [9.17, 15) is 4.79 Å². The van der Waals surface area contributed by atoms with E-state index < -0.39 is 0 Å². The Morgan fingerprint density at radius 1 is 1.42 bits per heavy atom. The molecule has 1 aliphatic heterocycles. The number of nitrogens with zero attached hydrogens (tertiary/aromatic N) is 1. The molecule has 0 aliphatic carbocycles. The summed E-state index contributed by atoms with van der Waals surface area (Å²) in [7, 11) is 0. The van der Waals surface area contributed by atoms with E-state index in [2.05, 4.69) is 5.32 Å². The predicted octanol–water partition coefficient (Wildman–Crippen LogP) is 2.48. The first-order valence-electron chi connectivity index (χ1n) is 6.95. The normalized spacial score (nSPS) is 19.2. The number of carbonyl (C=O) groups excluding carboxylic acids is 1. The minimum Gasteiger partial charge on any atom is -0.338 e. The molecule has 0 aromatic heterocycles. The first kappa shape index (κ1) is 14.4. The molecule has 4 heteroatoms. The molecule has 1 fully saturated rings. The van der Waals surface area contributed by atoms with E-state index >= 15 is 0 Å². The third kappa shape index (κ3) is 3.95. The van der Waals surface area contributed by atoms with Crippen molar-refractivity contribution in [3.05, 3.63) is 34.9 Å². The quantitative estimate of drug-likeness (QED) is 0.919. The van der Waals surface area contributed by atoms with Crippen molar-refractivity contribution < 1.29 is 4.79 Å². The van der Waals surface area contributed by atoms with Crippen molar-refractivity contribution in [2.45, 2.75) is 32.2 Å². The van der Waals surface area contributed by atoms with Gasteiger partial charge >= 0.3 is 0 Å². The molecule has 0 radical (unpaired) electrons. The average Bonchev–Trinajstić information content (AvgIpc) is 2.43. The van der Waals surface area contributed by atoms with Crippen molar-refractivity contribution in [3.63, 3.8) is 0 Å². The van der Waals surface area contributed by atoms with Gasteiger partial charge in [0.25, 0.3) is 0 Å². The van der Waals surface area contributed by atoms with E-state index in [1.807, 2.05) is 36.1 Å². The van der Waals surface area contributed by atoms with Gasteiger partial charge in [-0.3, -0.25) is 4.79 Å². The first-order valence-corrected chi connectivity index (χ1v) is 7.33. The second kappa shape index (κ2) is 6.92. The second-order valence-corrected chi connectivity index (χ2v) is 5.42. The summed E-state index contributed by atoms with van der Waals surface area (Å²) in [6, 6.07) is 7.87. The van der Waals surface area contributed by atoms with E-state index in [1.165, 1.54) is 0 Å². The number of amides is 1. The molecule has 2 rings (SSSR count). The van der Waals surface area contributed by atoms with E-state index in [0.29, 0.717) is 17.5 Å². The van der Waals surface area contributed by atoms with Gasteiger partial charge in [0.15, 0.2) is 0 Å². The van der Waals surface area contributed by atoms with Crippen LogP contribution in [0.15, 0.2) is 24.3 Å². The van der Waals surface area contributed by atoms with Crippen molar-refractivity contribution >= 4 is 17.5 Å². The molecule has 1 saturated heterocycles. The van der Waals surface area contributed by atoms with Crippen molar-refractivity contribution in [1.82, 2.24) is 10.2 Å². The number of nitrogens with one attached hydrogen (secondary N) is 1. The molecule has 1 amide bonds. The highest BCUT2D eigenvalue weighted by molar-refractivity contribution is 6.30. The molecule has 0 saturated carbocycles. The Morgan fingerprint density at radius 3 is 2.74 bits per heavy atom. The van der Waals surface area contributed by atoms with Gasteiger partial charge < -0.3 is 10.2 Å². The summed E-state index contributed by atoms with van der Waals surface area (Å²) in [5, 5.41) is 4.07. The largest absolute Gasteiger partial charge is 0.338 e. The zero-order valence-corrected chi connectivity index (χ0v) is 12.1. The lowest BCUT2D eigenvalue weighted by Gasteiger charge is -2.34. The monoisotopic (exact) mass is 280 g/mol. The molecule has 104 valence electrons. The molecule has 1 atom stereocenters. The maximum absolute atomic E-state index is 12.4. The van der Waals surface area contributed by atoms with Gasteiger partial charge in [0, 0.05) is 24.2 Å². The predicted molar refractivity (Wildman–Crippen MR) is 78.4 cm³/mol. The zero-order chi connectivity index (χ0) is 13.7. The maximum atomic E-state index is 12.4. The third-order valence-corrected chi connectivity index (χ3v) is 3.89. The highest BCUT2D eigenvalue weighted by Gasteiger charge is 2.23. The highest BCUT2D eigenvalue weighted by atomic mass is 35.5. The van der Waals surface area contributed by atoms with Gasteiger partial charge in [0.2, 0.25) is 5.91 Å². The van der Waals surface area contributed by atoms with Crippen LogP contribution in [0.1, 0.15) is 25.3 Å². The standard InChI is InChI=1S/C15H21ClN2O/c1-2-18(14-4-3-9-17-11-14)15(19)10-12-5-7-13(16)8-6-12/h5-8,14,17H,2-4,9-11H2,1H3. The Balaban J connectivity index is 1.97. The lowest BCUT2D eigenvalue weighted by atomic mass is 10.0. The number of rotatable bonds is 4. The Hall–Kier alpha value is -1.06. The van der Waals surface area contributed by atoms with Gasteiger partial charge in [0.1, 0.15) is 0 Å². The van der Waals surface area contributed by atoms with Gasteiger partial charge in [-0.15, -0.1) is 0 Å². The smallest absolute Gasteiger partial charge is 0.227 e. The fourth-order valence-corrected chi connectivity index (χ4v) is 2.74. The van der Waals surface area contributed by atoms with E-state index in [0.717, 1.165) is 38.0 Å². The summed E-state index contributed by atoms with van der Waals surface area (Å²) < 4.78 is 0. The number of halogens is 1. The van der Waals surface area contributed by atoms with Gasteiger partial charge in [-0.25, -0.2) is 0 Å². The molecule has 1 heterocycles. The number of hydrogen-bond acceptors (Lipinski definition) is 2. The van der Waals surface area contributed by atoms with Gasteiger partial charge in [-0.2, -0.15) is 0 Å². The Labute approximate surface area is 119 Å². The van der Waals surface area contributed by atoms with Crippen LogP contribution in [0.2, 0.25) is 5.02 Å². The van der Waals surface area contributed by atoms with Crippen molar-refractivity contribution in [2.75, 3.05) is 19.6 Å². The minimum atomic E-state index is 0.207. The van der Waals surface area contributed by atoms with E-state index in [-0.39, 0.29) is 5.91 Å². The van der Waals surface area contributed by atoms with Crippen molar-refractivity contribution in [3.8, 4) is 0 Å². The number of hydrogen-bond donors (Lipinski definition) is 1. The molecule has 1 N–H and O–H groups in total. The fraction of sp³-hybridized carbons (Fsp3) is 0.533. The van der Waals surface area contributed by atoms with Crippen LogP contribution in [0.4, 0.5) is 0 Å². The van der Waals surface area contributed by atoms with Crippen LogP contribution in [-0.2, 0) is 11.2 Å². The lowest BCUT2D eigenvalue weighted by Crippen LogP contribution is -2.49. The van der Waals surface area contributed by atoms with Gasteiger partial charge in [0.05, 0.1) is 6.42 Å². The Bertz CT molecular complexity index is 413. The molecule has 3 nitrogen and oxygen atoms in total. The SMILES string of the molecule is CCN(C(=O)Cc1ccc(Cl)cc1)C1CCCNC1. The number of piperidine rings is 1. The molecular formula is C15H21ClN2O. The summed E-state index contributed by atoms with van der Waals surface area (Å²) in [6.45, 7) is 4.81. The Kier molecular flexibility index (Phi) is 5.23. The minimum absolute atomic E-state index is 0.207. The Morgan fingerprint density at radius 2 is 2.16 bits per heavy atom. The third-order valence-electron chi connectivity index (χ3n) is 3.64. The summed E-state index contributed by atoms with van der Waals surface area (Å²) in [5.41, 5.74) is 1.02. The van der Waals surface area contributed by atoms with Crippen molar-refractivity contribution in [1.29, 1.82) is 0 Å². The topological polar surface area (TPSA) is 32.3 Å². The number of carbonyl (C=O) groups is 1. The van der Waals surface area contributed by atoms with Gasteiger partial charge in [-0.1, -0.05) is 23.7 Å². The van der Waals surface area contributed by atoms with Crippen molar-refractivity contribution in [2.24, 2.45) is 0 Å². The highest BCUT2D eigenvalue weighted by Crippen LogP contribution is 2.14. The molecular weight excluding hydrogens is 260 g/mol. The second-order valence-electron chi connectivity index (χ2n) is 4.98. The van der Waals surface area contributed by atoms with Crippen LogP contribution in [-0.4, -0.2) is 36.5 Å². The van der Waals surface area contributed by atoms with E-state index in [1.54, 1.807) is 0 Å². The van der Waals surface area contributed by atoms with Crippen LogP contribution in [0.25, 0.3) is 0 Å². The van der Waals surface area contributed by atoms with Crippen LogP contribution in [0.5, 0.6) is 0 Å². The maximum Gasteiger partial charge on any atom is 0.227 e. The van der Waals surface area contributed by atoms with Crippen LogP contribution in [0, 0.1) is 0 Å². The van der Waals surface area contributed by atoms with Crippen LogP contribution in [0.3, 0.4) is 0 Å². The average molecular weight is 281 g/mol. The summed E-state index contributed by atoms with van der Waals surface area (Å²) in [6.07, 6.45) is 2.71. The first-order chi connectivity index (χ1) is 9.20. The molecule has 1 aromatic carbocycles. The number of likely N-dealkylation sites (N-methyl/N-ethyl adjacent to an activating group) is 1. The number of benzene rings is 1. The molecule has 19 heavy (non-hydrogen) atoms. The zero-order valence-electron chi connectivity index (χ0n) is 11.4. The fourth-order valence-electron chi connectivity index (χ4n) is 2.62. The lowest BCUT2D eigenvalue weighted by molar-refractivity contribution is -0.132. The van der Waals surface area contributed by atoms with Crippen LogP contribution >= 0.6 is 11.6 Å². The molecule has 1 aromatic rings. The molecule has 1 unspecified atom stereocenters. The molecule has 0 spiro atoms. The molecule has 0 bridgehead atoms.